The molecule has 3 rings (SSSR count). The number of nitrogens with zero attached hydrogens (tertiary/aromatic N) is 1. The Morgan fingerprint density at radius 2 is 1.42 bits per heavy atom. The molecule has 0 unspecified atom stereocenters. The molecular formula is C20H22F3NO2. The minimum Gasteiger partial charge on any atom is -0.475 e. The van der Waals surface area contributed by atoms with Gasteiger partial charge in [-0.3, -0.25) is 0 Å². The van der Waals surface area contributed by atoms with Gasteiger partial charge in [0.25, 0.3) is 0 Å². The first-order chi connectivity index (χ1) is 12.4. The average molecular weight is 365 g/mol. The molecule has 1 aliphatic heterocycles. The first-order valence-electron chi connectivity index (χ1n) is 8.50. The van der Waals surface area contributed by atoms with Crippen LogP contribution >= 0.6 is 0 Å². The average Bonchev–Trinajstić information content (AvgIpc) is 2.64. The largest absolute Gasteiger partial charge is 0.490 e. The van der Waals surface area contributed by atoms with Crippen LogP contribution in [0.1, 0.15) is 18.4 Å². The van der Waals surface area contributed by atoms with Crippen molar-refractivity contribution in [2.45, 2.75) is 25.4 Å². The minimum absolute atomic E-state index is 0.849. The van der Waals surface area contributed by atoms with Gasteiger partial charge in [-0.05, 0) is 42.9 Å². The molecule has 1 fully saturated rings. The van der Waals surface area contributed by atoms with Gasteiger partial charge in [-0.1, -0.05) is 48.5 Å². The minimum atomic E-state index is -5.08. The van der Waals surface area contributed by atoms with Gasteiger partial charge in [-0.25, -0.2) is 4.79 Å². The van der Waals surface area contributed by atoms with Gasteiger partial charge in [0.2, 0.25) is 0 Å². The molecule has 0 spiro atoms. The lowest BCUT2D eigenvalue weighted by molar-refractivity contribution is -0.192. The number of rotatable bonds is 3. The third kappa shape index (κ3) is 6.43. The summed E-state index contributed by atoms with van der Waals surface area (Å²) in [6, 6.07) is 21.7. The van der Waals surface area contributed by atoms with Gasteiger partial charge in [0.15, 0.2) is 0 Å². The molecule has 0 amide bonds. The Labute approximate surface area is 151 Å². The fourth-order valence-corrected chi connectivity index (χ4v) is 2.98. The van der Waals surface area contributed by atoms with Crippen LogP contribution < -0.4 is 4.90 Å². The Morgan fingerprint density at radius 1 is 0.962 bits per heavy atom. The van der Waals surface area contributed by atoms with Crippen LogP contribution in [0, 0.1) is 5.92 Å². The highest BCUT2D eigenvalue weighted by molar-refractivity contribution is 5.73. The van der Waals surface area contributed by atoms with Gasteiger partial charge in [0.05, 0.1) is 0 Å². The number of benzene rings is 2. The molecule has 0 bridgehead atoms. The monoisotopic (exact) mass is 365 g/mol. The summed E-state index contributed by atoms with van der Waals surface area (Å²) < 4.78 is 31.7. The van der Waals surface area contributed by atoms with E-state index in [1.165, 1.54) is 43.6 Å². The molecular weight excluding hydrogens is 343 g/mol. The van der Waals surface area contributed by atoms with Gasteiger partial charge >= 0.3 is 12.1 Å². The SMILES string of the molecule is O=C(O)C(F)(F)F.c1ccc(CC2CCN(c3ccccc3)CC2)cc1. The number of para-hydroxylation sites is 1. The lowest BCUT2D eigenvalue weighted by Crippen LogP contribution is -2.34. The second-order valence-corrected chi connectivity index (χ2v) is 6.26. The van der Waals surface area contributed by atoms with Crippen molar-refractivity contribution in [3.05, 3.63) is 66.2 Å². The van der Waals surface area contributed by atoms with Gasteiger partial charge in [-0.2, -0.15) is 13.2 Å². The van der Waals surface area contributed by atoms with Crippen molar-refractivity contribution < 1.29 is 23.1 Å². The van der Waals surface area contributed by atoms with Crippen LogP contribution in [-0.2, 0) is 11.2 Å². The molecule has 2 aromatic carbocycles. The molecule has 140 valence electrons. The topological polar surface area (TPSA) is 40.5 Å². The first-order valence-corrected chi connectivity index (χ1v) is 8.50. The standard InChI is InChI=1S/C18H21N.C2HF3O2/c1-3-7-16(8-4-1)15-17-11-13-19(14-12-17)18-9-5-2-6-10-18;3-2(4,5)1(6)7/h1-10,17H,11-15H2;(H,6,7). The lowest BCUT2D eigenvalue weighted by Gasteiger charge is -2.33. The smallest absolute Gasteiger partial charge is 0.475 e. The second kappa shape index (κ2) is 9.27. The van der Waals surface area contributed by atoms with Gasteiger partial charge in [0, 0.05) is 18.8 Å². The van der Waals surface area contributed by atoms with Crippen molar-refractivity contribution in [2.75, 3.05) is 18.0 Å². The van der Waals surface area contributed by atoms with E-state index < -0.39 is 12.1 Å². The molecule has 3 nitrogen and oxygen atoms in total. The van der Waals surface area contributed by atoms with E-state index in [0.717, 1.165) is 5.92 Å². The van der Waals surface area contributed by atoms with E-state index in [4.69, 9.17) is 9.90 Å². The number of aliphatic carboxylic acids is 1. The molecule has 0 aromatic heterocycles. The summed E-state index contributed by atoms with van der Waals surface area (Å²) in [6.45, 7) is 2.39. The van der Waals surface area contributed by atoms with Crippen LogP contribution in [-0.4, -0.2) is 30.3 Å². The number of halogens is 3. The molecule has 6 heteroatoms. The van der Waals surface area contributed by atoms with Crippen molar-refractivity contribution in [2.24, 2.45) is 5.92 Å². The summed E-state index contributed by atoms with van der Waals surface area (Å²) >= 11 is 0. The van der Waals surface area contributed by atoms with E-state index in [2.05, 4.69) is 65.6 Å². The van der Waals surface area contributed by atoms with Crippen LogP contribution in [0.15, 0.2) is 60.7 Å². The molecule has 2 aromatic rings. The maximum atomic E-state index is 10.6. The summed E-state index contributed by atoms with van der Waals surface area (Å²) in [5.41, 5.74) is 2.86. The van der Waals surface area contributed by atoms with Crippen molar-refractivity contribution in [3.63, 3.8) is 0 Å². The molecule has 1 heterocycles. The van der Waals surface area contributed by atoms with Crippen molar-refractivity contribution in [1.29, 1.82) is 0 Å². The molecule has 0 aliphatic carbocycles. The number of hydrogen-bond acceptors (Lipinski definition) is 2. The predicted molar refractivity (Wildman–Crippen MR) is 95.2 cm³/mol. The zero-order valence-corrected chi connectivity index (χ0v) is 14.3. The number of anilines is 1. The van der Waals surface area contributed by atoms with Gasteiger partial charge in [-0.15, -0.1) is 0 Å². The number of hydrogen-bond donors (Lipinski definition) is 1. The van der Waals surface area contributed by atoms with Crippen molar-refractivity contribution in [3.8, 4) is 0 Å². The molecule has 0 radical (unpaired) electrons. The lowest BCUT2D eigenvalue weighted by atomic mass is 9.90. The zero-order valence-electron chi connectivity index (χ0n) is 14.3. The Bertz CT molecular complexity index is 666. The summed E-state index contributed by atoms with van der Waals surface area (Å²) in [6.07, 6.45) is -1.23. The van der Waals surface area contributed by atoms with Crippen molar-refractivity contribution in [1.82, 2.24) is 0 Å². The Hall–Kier alpha value is -2.50. The Morgan fingerprint density at radius 3 is 1.88 bits per heavy atom. The highest BCUT2D eigenvalue weighted by atomic mass is 19.4. The highest BCUT2D eigenvalue weighted by Crippen LogP contribution is 2.25. The number of alkyl halides is 3. The van der Waals surface area contributed by atoms with Crippen LogP contribution in [0.4, 0.5) is 18.9 Å². The highest BCUT2D eigenvalue weighted by Gasteiger charge is 2.38. The molecule has 0 saturated carbocycles. The number of carbonyl (C=O) groups is 1. The molecule has 0 atom stereocenters. The third-order valence-electron chi connectivity index (χ3n) is 4.35. The fourth-order valence-electron chi connectivity index (χ4n) is 2.98. The van der Waals surface area contributed by atoms with Crippen LogP contribution in [0.3, 0.4) is 0 Å². The van der Waals surface area contributed by atoms with Crippen molar-refractivity contribution >= 4 is 11.7 Å². The van der Waals surface area contributed by atoms with E-state index in [-0.39, 0.29) is 0 Å². The van der Waals surface area contributed by atoms with Gasteiger partial charge in [0.1, 0.15) is 0 Å². The predicted octanol–water partition coefficient (Wildman–Crippen LogP) is 4.78. The summed E-state index contributed by atoms with van der Waals surface area (Å²) in [5, 5.41) is 7.12. The second-order valence-electron chi connectivity index (χ2n) is 6.26. The number of carboxylic acids is 1. The summed E-state index contributed by atoms with van der Waals surface area (Å²) in [4.78, 5) is 11.4. The van der Waals surface area contributed by atoms with Crippen LogP contribution in [0.2, 0.25) is 0 Å². The maximum absolute atomic E-state index is 10.6. The quantitative estimate of drug-likeness (QED) is 0.851. The molecule has 26 heavy (non-hydrogen) atoms. The normalized spacial score (nSPS) is 15.1. The molecule has 1 N–H and O–H groups in total. The Kier molecular flexibility index (Phi) is 7.06. The van der Waals surface area contributed by atoms with E-state index in [0.29, 0.717) is 0 Å². The van der Waals surface area contributed by atoms with Gasteiger partial charge < -0.3 is 10.0 Å². The maximum Gasteiger partial charge on any atom is 0.490 e. The van der Waals surface area contributed by atoms with E-state index in [1.54, 1.807) is 0 Å². The van der Waals surface area contributed by atoms with Crippen LogP contribution in [0.5, 0.6) is 0 Å². The molecule has 1 saturated heterocycles. The summed E-state index contributed by atoms with van der Waals surface area (Å²) in [5.74, 6) is -1.91. The van der Waals surface area contributed by atoms with E-state index in [1.807, 2.05) is 0 Å². The number of carboxylic acid groups (broad SMARTS) is 1. The Balaban J connectivity index is 0.000000298. The first kappa shape index (κ1) is 19.8. The number of piperidine rings is 1. The molecule has 1 aliphatic rings. The zero-order chi connectivity index (χ0) is 19.0. The van der Waals surface area contributed by atoms with E-state index in [9.17, 15) is 13.2 Å². The summed E-state index contributed by atoms with van der Waals surface area (Å²) in [7, 11) is 0. The van der Waals surface area contributed by atoms with E-state index >= 15 is 0 Å². The fraction of sp³-hybridized carbons (Fsp3) is 0.350. The van der Waals surface area contributed by atoms with Crippen LogP contribution in [0.25, 0.3) is 0 Å². The third-order valence-corrected chi connectivity index (χ3v) is 4.35.